The topological polar surface area (TPSA) is 67.9 Å². The van der Waals surface area contributed by atoms with E-state index < -0.39 is 6.04 Å². The van der Waals surface area contributed by atoms with Crippen LogP contribution in [0.3, 0.4) is 0 Å². The number of methoxy groups -OCH3 is 1. The van der Waals surface area contributed by atoms with Gasteiger partial charge < -0.3 is 19.7 Å². The molecule has 0 radical (unpaired) electrons. The van der Waals surface area contributed by atoms with Gasteiger partial charge in [-0.05, 0) is 61.7 Å². The van der Waals surface area contributed by atoms with Crippen LogP contribution in [-0.2, 0) is 16.1 Å². The van der Waals surface area contributed by atoms with Crippen molar-refractivity contribution in [3.8, 4) is 11.5 Å². The molecule has 2 amide bonds. The van der Waals surface area contributed by atoms with Crippen molar-refractivity contribution in [1.29, 1.82) is 0 Å². The molecule has 0 spiro atoms. The van der Waals surface area contributed by atoms with Crippen molar-refractivity contribution in [2.24, 2.45) is 0 Å². The van der Waals surface area contributed by atoms with E-state index in [4.69, 9.17) is 32.7 Å². The van der Waals surface area contributed by atoms with Gasteiger partial charge in [-0.1, -0.05) is 36.2 Å². The number of likely N-dealkylation sites (N-methyl/N-ethyl adjacent to an activating group) is 1. The van der Waals surface area contributed by atoms with E-state index in [-0.39, 0.29) is 24.8 Å². The lowest BCUT2D eigenvalue weighted by molar-refractivity contribution is -0.141. The van der Waals surface area contributed by atoms with Crippen LogP contribution in [0, 0.1) is 0 Å². The normalized spacial score (nSPS) is 11.5. The van der Waals surface area contributed by atoms with Crippen molar-refractivity contribution < 1.29 is 19.1 Å². The molecule has 2 aromatic carbocycles. The molecule has 8 heteroatoms. The summed E-state index contributed by atoms with van der Waals surface area (Å²) < 4.78 is 10.8. The minimum Gasteiger partial charge on any atom is -0.497 e. The molecule has 0 aliphatic rings. The van der Waals surface area contributed by atoms with Crippen LogP contribution in [0.4, 0.5) is 0 Å². The lowest BCUT2D eigenvalue weighted by atomic mass is 10.1. The summed E-state index contributed by atoms with van der Waals surface area (Å²) in [7, 11) is 1.61. The highest BCUT2D eigenvalue weighted by atomic mass is 35.5. The van der Waals surface area contributed by atoms with E-state index in [1.165, 1.54) is 0 Å². The summed E-state index contributed by atoms with van der Waals surface area (Å²) in [5, 5.41) is 3.68. The Morgan fingerprint density at radius 1 is 1.03 bits per heavy atom. The minimum atomic E-state index is -0.570. The molecule has 0 bridgehead atoms. The summed E-state index contributed by atoms with van der Waals surface area (Å²) in [6.45, 7) is 4.90. The van der Waals surface area contributed by atoms with Gasteiger partial charge in [0.25, 0.3) is 0 Å². The Morgan fingerprint density at radius 3 is 2.31 bits per heavy atom. The van der Waals surface area contributed by atoms with Crippen molar-refractivity contribution >= 4 is 35.0 Å². The van der Waals surface area contributed by atoms with Crippen LogP contribution in [0.5, 0.6) is 11.5 Å². The lowest BCUT2D eigenvalue weighted by Crippen LogP contribution is -2.49. The molecule has 1 atom stereocenters. The van der Waals surface area contributed by atoms with Crippen LogP contribution in [0.15, 0.2) is 42.5 Å². The van der Waals surface area contributed by atoms with Crippen molar-refractivity contribution in [2.75, 3.05) is 20.3 Å². The van der Waals surface area contributed by atoms with Gasteiger partial charge in [0.05, 0.1) is 23.8 Å². The second-order valence-electron chi connectivity index (χ2n) is 7.22. The number of nitrogens with zero attached hydrogens (tertiary/aromatic N) is 1. The zero-order valence-corrected chi connectivity index (χ0v) is 20.2. The summed E-state index contributed by atoms with van der Waals surface area (Å²) in [5.74, 6) is 1.17. The summed E-state index contributed by atoms with van der Waals surface area (Å²) in [6.07, 6.45) is 1.28. The summed E-state index contributed by atoms with van der Waals surface area (Å²) in [5.41, 5.74) is 0.810. The monoisotopic (exact) mass is 480 g/mol. The summed E-state index contributed by atoms with van der Waals surface area (Å²) in [4.78, 5) is 27.3. The highest BCUT2D eigenvalue weighted by molar-refractivity contribution is 6.42. The SMILES string of the molecule is CCNC(=O)C(CC)N(Cc1ccc(Cl)c(Cl)c1)C(=O)CCCOc1ccc(OC)cc1. The smallest absolute Gasteiger partial charge is 0.242 e. The average Bonchev–Trinajstić information content (AvgIpc) is 2.79. The molecule has 1 N–H and O–H groups in total. The molecule has 0 fully saturated rings. The number of hydrogen-bond acceptors (Lipinski definition) is 4. The van der Waals surface area contributed by atoms with E-state index in [0.717, 1.165) is 11.3 Å². The number of carbonyl (C=O) groups is 2. The molecule has 0 aliphatic carbocycles. The van der Waals surface area contributed by atoms with Crippen LogP contribution < -0.4 is 14.8 Å². The van der Waals surface area contributed by atoms with Gasteiger partial charge in [-0.25, -0.2) is 0 Å². The first-order valence-electron chi connectivity index (χ1n) is 10.7. The van der Waals surface area contributed by atoms with Crippen molar-refractivity contribution in [1.82, 2.24) is 10.2 Å². The Labute approximate surface area is 199 Å². The number of hydrogen-bond donors (Lipinski definition) is 1. The van der Waals surface area contributed by atoms with E-state index >= 15 is 0 Å². The molecule has 32 heavy (non-hydrogen) atoms. The van der Waals surface area contributed by atoms with Crippen molar-refractivity contribution in [3.05, 3.63) is 58.1 Å². The predicted octanol–water partition coefficient (Wildman–Crippen LogP) is 5.10. The number of nitrogens with one attached hydrogen (secondary N) is 1. The number of carbonyl (C=O) groups excluding carboxylic acids is 2. The average molecular weight is 481 g/mol. The molecule has 1 unspecified atom stereocenters. The second kappa shape index (κ2) is 13.2. The molecular formula is C24H30Cl2N2O4. The molecule has 0 saturated heterocycles. The van der Waals surface area contributed by atoms with Crippen LogP contribution in [0.1, 0.15) is 38.7 Å². The van der Waals surface area contributed by atoms with Crippen LogP contribution in [0.25, 0.3) is 0 Å². The predicted molar refractivity (Wildman–Crippen MR) is 127 cm³/mol. The van der Waals surface area contributed by atoms with Gasteiger partial charge in [-0.15, -0.1) is 0 Å². The van der Waals surface area contributed by atoms with Gasteiger partial charge in [0, 0.05) is 19.5 Å². The Bertz CT molecular complexity index is 890. The number of amides is 2. The maximum absolute atomic E-state index is 13.1. The van der Waals surface area contributed by atoms with Gasteiger partial charge in [-0.3, -0.25) is 9.59 Å². The second-order valence-corrected chi connectivity index (χ2v) is 8.03. The van der Waals surface area contributed by atoms with Gasteiger partial charge >= 0.3 is 0 Å². The fraction of sp³-hybridized carbons (Fsp3) is 0.417. The third-order valence-corrected chi connectivity index (χ3v) is 5.68. The quantitative estimate of drug-likeness (QED) is 0.428. The molecule has 0 heterocycles. The molecule has 0 saturated carbocycles. The molecule has 0 aromatic heterocycles. The molecular weight excluding hydrogens is 451 g/mol. The minimum absolute atomic E-state index is 0.118. The molecule has 2 rings (SSSR count). The zero-order chi connectivity index (χ0) is 23.5. The molecule has 0 aliphatic heterocycles. The van der Waals surface area contributed by atoms with E-state index in [0.29, 0.717) is 41.8 Å². The molecule has 174 valence electrons. The summed E-state index contributed by atoms with van der Waals surface area (Å²) in [6, 6.07) is 11.9. The highest BCUT2D eigenvalue weighted by Gasteiger charge is 2.28. The standard InChI is InChI=1S/C24H30Cl2N2O4/c1-4-22(24(30)27-5-2)28(16-17-8-13-20(25)21(26)15-17)23(29)7-6-14-32-19-11-9-18(31-3)10-12-19/h8-13,15,22H,4-7,14,16H2,1-3H3,(H,27,30). The Kier molecular flexibility index (Phi) is 10.6. The fourth-order valence-corrected chi connectivity index (χ4v) is 3.60. The van der Waals surface area contributed by atoms with E-state index in [1.54, 1.807) is 24.1 Å². The lowest BCUT2D eigenvalue weighted by Gasteiger charge is -2.30. The van der Waals surface area contributed by atoms with E-state index in [9.17, 15) is 9.59 Å². The Hall–Kier alpha value is -2.44. The number of rotatable bonds is 12. The van der Waals surface area contributed by atoms with Gasteiger partial charge in [0.2, 0.25) is 11.8 Å². The fourth-order valence-electron chi connectivity index (χ4n) is 3.28. The first-order valence-corrected chi connectivity index (χ1v) is 11.4. The highest BCUT2D eigenvalue weighted by Crippen LogP contribution is 2.24. The Morgan fingerprint density at radius 2 is 1.72 bits per heavy atom. The largest absolute Gasteiger partial charge is 0.497 e. The third kappa shape index (κ3) is 7.61. The van der Waals surface area contributed by atoms with Gasteiger partial charge in [0.1, 0.15) is 17.5 Å². The van der Waals surface area contributed by atoms with Crippen LogP contribution in [-0.4, -0.2) is 43.0 Å². The number of ether oxygens (including phenoxy) is 2. The van der Waals surface area contributed by atoms with Crippen molar-refractivity contribution in [2.45, 2.75) is 45.7 Å². The molecule has 6 nitrogen and oxygen atoms in total. The van der Waals surface area contributed by atoms with Gasteiger partial charge in [0.15, 0.2) is 0 Å². The molecule has 2 aromatic rings. The van der Waals surface area contributed by atoms with Crippen molar-refractivity contribution in [3.63, 3.8) is 0 Å². The first-order chi connectivity index (χ1) is 15.4. The number of halogens is 2. The summed E-state index contributed by atoms with van der Waals surface area (Å²) >= 11 is 12.2. The van der Waals surface area contributed by atoms with Crippen LogP contribution >= 0.6 is 23.2 Å². The maximum Gasteiger partial charge on any atom is 0.242 e. The first kappa shape index (κ1) is 25.8. The van der Waals surface area contributed by atoms with E-state index in [1.807, 2.05) is 44.2 Å². The third-order valence-electron chi connectivity index (χ3n) is 4.94. The number of benzene rings is 2. The zero-order valence-electron chi connectivity index (χ0n) is 18.7. The van der Waals surface area contributed by atoms with Gasteiger partial charge in [-0.2, -0.15) is 0 Å². The Balaban J connectivity index is 2.04. The maximum atomic E-state index is 13.1. The van der Waals surface area contributed by atoms with E-state index in [2.05, 4.69) is 5.32 Å². The van der Waals surface area contributed by atoms with Crippen LogP contribution in [0.2, 0.25) is 10.0 Å².